The standard InChI is InChI=1S/C21H14F2N3O2.Pt/c1-21(2,17-9-5-7-15(26-17)20(27)28)16-8-4-6-14(25-16)12-10-11-13(22)19(24-3)18(12)23;/h4-9,11H,1-2H3,(H,27,28);/q-1;. The molecule has 0 spiro atoms. The molecule has 8 heteroatoms. The van der Waals surface area contributed by atoms with Crippen LogP contribution < -0.4 is 0 Å². The van der Waals surface area contributed by atoms with Gasteiger partial charge in [0.25, 0.3) is 0 Å². The van der Waals surface area contributed by atoms with E-state index in [1.807, 2.05) is 13.8 Å². The fourth-order valence-corrected chi connectivity index (χ4v) is 2.73. The second kappa shape index (κ2) is 8.58. The molecule has 0 unspecified atom stereocenters. The van der Waals surface area contributed by atoms with E-state index in [0.29, 0.717) is 11.4 Å². The van der Waals surface area contributed by atoms with E-state index in [2.05, 4.69) is 20.9 Å². The third kappa shape index (κ3) is 4.23. The van der Waals surface area contributed by atoms with Gasteiger partial charge in [0.05, 0.1) is 12.3 Å². The third-order valence-corrected chi connectivity index (χ3v) is 4.36. The van der Waals surface area contributed by atoms with Crippen molar-refractivity contribution in [3.63, 3.8) is 0 Å². The van der Waals surface area contributed by atoms with Crippen molar-refractivity contribution in [3.05, 3.63) is 88.7 Å². The van der Waals surface area contributed by atoms with Gasteiger partial charge in [-0.15, -0.1) is 17.7 Å². The summed E-state index contributed by atoms with van der Waals surface area (Å²) in [6.45, 7) is 10.6. The molecule has 1 aromatic carbocycles. The molecule has 0 saturated heterocycles. The largest absolute Gasteiger partial charge is 0.477 e. The fraction of sp³-hybridized carbons (Fsp3) is 0.143. The van der Waals surface area contributed by atoms with E-state index in [1.54, 1.807) is 24.3 Å². The molecule has 2 heterocycles. The Bertz CT molecular complexity index is 1130. The maximum absolute atomic E-state index is 14.5. The Balaban J connectivity index is 0.00000300. The first-order valence-electron chi connectivity index (χ1n) is 8.21. The molecule has 3 aromatic rings. The van der Waals surface area contributed by atoms with Gasteiger partial charge in [-0.05, 0) is 37.7 Å². The average molecular weight is 573 g/mol. The van der Waals surface area contributed by atoms with Gasteiger partial charge in [-0.1, -0.05) is 18.2 Å². The second-order valence-electron chi connectivity index (χ2n) is 6.53. The maximum Gasteiger partial charge on any atom is 0.354 e. The zero-order chi connectivity index (χ0) is 20.5. The van der Waals surface area contributed by atoms with Crippen LogP contribution in [0.5, 0.6) is 0 Å². The topological polar surface area (TPSA) is 67.4 Å². The molecule has 0 fully saturated rings. The molecular formula is C21H14F2N3O2Pt-. The summed E-state index contributed by atoms with van der Waals surface area (Å²) in [7, 11) is 0. The van der Waals surface area contributed by atoms with Gasteiger partial charge < -0.3 is 10.1 Å². The van der Waals surface area contributed by atoms with E-state index in [4.69, 9.17) is 11.7 Å². The molecule has 0 aliphatic rings. The van der Waals surface area contributed by atoms with Crippen molar-refractivity contribution in [2.24, 2.45) is 0 Å². The third-order valence-electron chi connectivity index (χ3n) is 4.36. The van der Waals surface area contributed by atoms with Crippen molar-refractivity contribution in [2.45, 2.75) is 19.3 Å². The van der Waals surface area contributed by atoms with Gasteiger partial charge in [-0.2, -0.15) is 0 Å². The van der Waals surface area contributed by atoms with Crippen LogP contribution in [0.3, 0.4) is 0 Å². The number of carboxylic acids is 1. The Morgan fingerprint density at radius 3 is 2.38 bits per heavy atom. The monoisotopic (exact) mass is 573 g/mol. The quantitative estimate of drug-likeness (QED) is 0.456. The minimum Gasteiger partial charge on any atom is -0.477 e. The molecule has 2 aromatic heterocycles. The van der Waals surface area contributed by atoms with Crippen LogP contribution >= 0.6 is 0 Å². The van der Waals surface area contributed by atoms with Crippen molar-refractivity contribution < 1.29 is 39.7 Å². The number of halogens is 2. The molecule has 0 atom stereocenters. The predicted molar refractivity (Wildman–Crippen MR) is 98.0 cm³/mol. The van der Waals surface area contributed by atoms with Crippen LogP contribution in [0.25, 0.3) is 16.1 Å². The van der Waals surface area contributed by atoms with E-state index >= 15 is 0 Å². The SMILES string of the molecule is [C-]#[N+]c1c(F)c[c-]c(-c2cccc(C(C)(C)c3cccc(C(=O)O)n3)n2)c1F.[Pt]. The van der Waals surface area contributed by atoms with Crippen LogP contribution in [-0.4, -0.2) is 21.0 Å². The number of aromatic carboxylic acids is 1. The summed E-state index contributed by atoms with van der Waals surface area (Å²) in [5.41, 5.74) is -0.554. The number of carboxylic acid groups (broad SMARTS) is 1. The number of carbonyl (C=O) groups is 1. The van der Waals surface area contributed by atoms with Gasteiger partial charge >= 0.3 is 5.97 Å². The van der Waals surface area contributed by atoms with E-state index in [1.165, 1.54) is 12.1 Å². The molecule has 1 N–H and O–H groups in total. The minimum absolute atomic E-state index is 0. The van der Waals surface area contributed by atoms with Crippen molar-refractivity contribution in [3.8, 4) is 11.3 Å². The average Bonchev–Trinajstić information content (AvgIpc) is 2.68. The minimum atomic E-state index is -1.14. The first-order valence-corrected chi connectivity index (χ1v) is 8.21. The number of hydrogen-bond donors (Lipinski definition) is 1. The smallest absolute Gasteiger partial charge is 0.354 e. The molecule has 150 valence electrons. The maximum atomic E-state index is 14.5. The van der Waals surface area contributed by atoms with Gasteiger partial charge in [0.2, 0.25) is 0 Å². The van der Waals surface area contributed by atoms with E-state index in [9.17, 15) is 13.6 Å². The summed E-state index contributed by atoms with van der Waals surface area (Å²) in [5, 5.41) is 9.16. The van der Waals surface area contributed by atoms with Crippen molar-refractivity contribution in [1.29, 1.82) is 0 Å². The van der Waals surface area contributed by atoms with Crippen molar-refractivity contribution >= 4 is 11.7 Å². The zero-order valence-electron chi connectivity index (χ0n) is 15.3. The molecular weight excluding hydrogens is 559 g/mol. The van der Waals surface area contributed by atoms with Gasteiger partial charge in [0.1, 0.15) is 5.69 Å². The second-order valence-corrected chi connectivity index (χ2v) is 6.53. The Morgan fingerprint density at radius 1 is 1.14 bits per heavy atom. The van der Waals surface area contributed by atoms with Crippen molar-refractivity contribution in [1.82, 2.24) is 9.97 Å². The number of aromatic nitrogens is 2. The van der Waals surface area contributed by atoms with E-state index < -0.39 is 28.7 Å². The summed E-state index contributed by atoms with van der Waals surface area (Å²) < 4.78 is 28.1. The summed E-state index contributed by atoms with van der Waals surface area (Å²) in [5.74, 6) is -3.15. The number of pyridine rings is 2. The molecule has 0 amide bonds. The normalized spacial score (nSPS) is 10.7. The van der Waals surface area contributed by atoms with Gasteiger partial charge in [-0.3, -0.25) is 13.6 Å². The van der Waals surface area contributed by atoms with E-state index in [0.717, 1.165) is 6.07 Å². The summed E-state index contributed by atoms with van der Waals surface area (Å²) in [4.78, 5) is 22.7. The van der Waals surface area contributed by atoms with Crippen LogP contribution in [0.2, 0.25) is 0 Å². The summed E-state index contributed by atoms with van der Waals surface area (Å²) in [6, 6.07) is 12.9. The first-order chi connectivity index (χ1) is 13.3. The Hall–Kier alpha value is -2.97. The molecule has 3 rings (SSSR count). The Labute approximate surface area is 180 Å². The van der Waals surface area contributed by atoms with Crippen LogP contribution in [0.15, 0.2) is 42.5 Å². The van der Waals surface area contributed by atoms with Gasteiger partial charge in [-0.25, -0.2) is 9.78 Å². The van der Waals surface area contributed by atoms with Gasteiger partial charge in [0, 0.05) is 43.8 Å². The molecule has 0 aliphatic carbocycles. The zero-order valence-corrected chi connectivity index (χ0v) is 17.6. The predicted octanol–water partition coefficient (Wildman–Crippen LogP) is 4.79. The van der Waals surface area contributed by atoms with Crippen LogP contribution in [-0.2, 0) is 26.5 Å². The molecule has 29 heavy (non-hydrogen) atoms. The number of hydrogen-bond acceptors (Lipinski definition) is 3. The van der Waals surface area contributed by atoms with Gasteiger partial charge in [0.15, 0.2) is 5.69 Å². The van der Waals surface area contributed by atoms with Crippen LogP contribution in [0, 0.1) is 24.3 Å². The molecule has 0 bridgehead atoms. The van der Waals surface area contributed by atoms with E-state index in [-0.39, 0.29) is 38.0 Å². The van der Waals surface area contributed by atoms with Crippen molar-refractivity contribution in [2.75, 3.05) is 0 Å². The van der Waals surface area contributed by atoms with Crippen LogP contribution in [0.4, 0.5) is 14.5 Å². The number of nitrogens with zero attached hydrogens (tertiary/aromatic N) is 3. The Kier molecular flexibility index (Phi) is 6.61. The van der Waals surface area contributed by atoms with Crippen LogP contribution in [0.1, 0.15) is 35.7 Å². The number of rotatable bonds is 4. The summed E-state index contributed by atoms with van der Waals surface area (Å²) in [6.07, 6.45) is 0. The fourth-order valence-electron chi connectivity index (χ4n) is 2.73. The molecule has 0 aliphatic heterocycles. The number of benzene rings is 1. The molecule has 0 saturated carbocycles. The molecule has 0 radical (unpaired) electrons. The Morgan fingerprint density at radius 2 is 1.76 bits per heavy atom. The summed E-state index contributed by atoms with van der Waals surface area (Å²) >= 11 is 0. The first kappa shape index (κ1) is 22.3. The molecule has 5 nitrogen and oxygen atoms in total.